The summed E-state index contributed by atoms with van der Waals surface area (Å²) in [5.41, 5.74) is 2.57. The molecular formula is C23H34FIN6. The zero-order valence-electron chi connectivity index (χ0n) is 18.8. The van der Waals surface area contributed by atoms with Crippen molar-refractivity contribution in [3.63, 3.8) is 0 Å². The van der Waals surface area contributed by atoms with Crippen LogP contribution in [-0.4, -0.2) is 55.1 Å². The SMILES string of the molecule is CN=C(NCc1ccccc1CN(C)C(C)C)NC1CCN(c2ncccc2F)C1.I. The Morgan fingerprint density at radius 3 is 2.68 bits per heavy atom. The van der Waals surface area contributed by atoms with Gasteiger partial charge in [0.15, 0.2) is 17.6 Å². The van der Waals surface area contributed by atoms with E-state index in [1.54, 1.807) is 19.3 Å². The molecule has 3 rings (SSSR count). The molecule has 0 spiro atoms. The average Bonchev–Trinajstić information content (AvgIpc) is 3.20. The Balaban J connectivity index is 0.00000341. The molecule has 1 saturated heterocycles. The Morgan fingerprint density at radius 2 is 2.00 bits per heavy atom. The maximum atomic E-state index is 14.0. The number of pyridine rings is 1. The third-order valence-electron chi connectivity index (χ3n) is 5.66. The molecule has 2 aromatic rings. The molecule has 1 aromatic heterocycles. The summed E-state index contributed by atoms with van der Waals surface area (Å²) < 4.78 is 14.0. The van der Waals surface area contributed by atoms with Crippen LogP contribution in [0.25, 0.3) is 0 Å². The molecule has 1 unspecified atom stereocenters. The average molecular weight is 540 g/mol. The van der Waals surface area contributed by atoms with E-state index < -0.39 is 0 Å². The van der Waals surface area contributed by atoms with Crippen molar-refractivity contribution in [3.05, 3.63) is 59.5 Å². The third-order valence-corrected chi connectivity index (χ3v) is 5.66. The van der Waals surface area contributed by atoms with Crippen LogP contribution in [0.3, 0.4) is 0 Å². The van der Waals surface area contributed by atoms with Crippen molar-refractivity contribution in [2.75, 3.05) is 32.1 Å². The number of rotatable bonds is 7. The summed E-state index contributed by atoms with van der Waals surface area (Å²) in [5.74, 6) is 0.909. The fourth-order valence-corrected chi connectivity index (χ4v) is 3.58. The molecule has 0 radical (unpaired) electrons. The number of benzene rings is 1. The van der Waals surface area contributed by atoms with E-state index >= 15 is 0 Å². The van der Waals surface area contributed by atoms with Gasteiger partial charge in [0.05, 0.1) is 0 Å². The van der Waals surface area contributed by atoms with Crippen molar-refractivity contribution in [2.24, 2.45) is 4.99 Å². The molecule has 2 heterocycles. The molecule has 1 aliphatic rings. The molecular weight excluding hydrogens is 506 g/mol. The van der Waals surface area contributed by atoms with E-state index in [9.17, 15) is 4.39 Å². The first-order valence-electron chi connectivity index (χ1n) is 10.6. The van der Waals surface area contributed by atoms with Crippen LogP contribution in [0.1, 0.15) is 31.4 Å². The first kappa shape index (κ1) is 25.3. The molecule has 1 atom stereocenters. The molecule has 6 nitrogen and oxygen atoms in total. The maximum Gasteiger partial charge on any atom is 0.191 e. The van der Waals surface area contributed by atoms with Gasteiger partial charge in [-0.3, -0.25) is 9.89 Å². The predicted molar refractivity (Wildman–Crippen MR) is 137 cm³/mol. The van der Waals surface area contributed by atoms with E-state index in [0.29, 0.717) is 24.9 Å². The third kappa shape index (κ3) is 7.03. The number of nitrogens with one attached hydrogen (secondary N) is 2. The van der Waals surface area contributed by atoms with Gasteiger partial charge in [0.1, 0.15) is 0 Å². The highest BCUT2D eigenvalue weighted by molar-refractivity contribution is 14.0. The monoisotopic (exact) mass is 540 g/mol. The standard InChI is InChI=1S/C23H33FN6.HI/c1-17(2)29(4)15-19-9-6-5-8-18(19)14-27-23(25-3)28-20-11-13-30(16-20)22-21(24)10-7-12-26-22;/h5-10,12,17,20H,11,13-16H2,1-4H3,(H2,25,27,28);1H. The van der Waals surface area contributed by atoms with Gasteiger partial charge in [-0.1, -0.05) is 24.3 Å². The number of aliphatic imine (C=N–C) groups is 1. The Hall–Kier alpha value is -1.94. The smallest absolute Gasteiger partial charge is 0.191 e. The van der Waals surface area contributed by atoms with Gasteiger partial charge in [-0.15, -0.1) is 24.0 Å². The number of guanidine groups is 1. The molecule has 8 heteroatoms. The Labute approximate surface area is 202 Å². The number of hydrogen-bond donors (Lipinski definition) is 2. The zero-order chi connectivity index (χ0) is 21.5. The minimum Gasteiger partial charge on any atom is -0.352 e. The number of anilines is 1. The van der Waals surface area contributed by atoms with Crippen molar-refractivity contribution in [1.82, 2.24) is 20.5 Å². The normalized spacial score (nSPS) is 16.5. The molecule has 0 aliphatic carbocycles. The van der Waals surface area contributed by atoms with Gasteiger partial charge in [-0.05, 0) is 50.6 Å². The van der Waals surface area contributed by atoms with Crippen molar-refractivity contribution >= 4 is 35.8 Å². The molecule has 1 aromatic carbocycles. The van der Waals surface area contributed by atoms with Gasteiger partial charge < -0.3 is 15.5 Å². The van der Waals surface area contributed by atoms with Crippen LogP contribution in [0, 0.1) is 5.82 Å². The lowest BCUT2D eigenvalue weighted by atomic mass is 10.1. The zero-order valence-corrected chi connectivity index (χ0v) is 21.1. The van der Waals surface area contributed by atoms with E-state index in [2.05, 4.69) is 70.7 Å². The van der Waals surface area contributed by atoms with Crippen LogP contribution >= 0.6 is 24.0 Å². The maximum absolute atomic E-state index is 14.0. The quantitative estimate of drug-likeness (QED) is 0.319. The first-order valence-corrected chi connectivity index (χ1v) is 10.6. The van der Waals surface area contributed by atoms with Gasteiger partial charge >= 0.3 is 0 Å². The van der Waals surface area contributed by atoms with Crippen LogP contribution in [0.15, 0.2) is 47.6 Å². The lowest BCUT2D eigenvalue weighted by Crippen LogP contribution is -2.44. The Morgan fingerprint density at radius 1 is 1.26 bits per heavy atom. The predicted octanol–water partition coefficient (Wildman–Crippen LogP) is 3.62. The molecule has 0 amide bonds. The van der Waals surface area contributed by atoms with Crippen LogP contribution < -0.4 is 15.5 Å². The van der Waals surface area contributed by atoms with Crippen LogP contribution in [0.4, 0.5) is 10.2 Å². The number of nitrogens with zero attached hydrogens (tertiary/aromatic N) is 4. The lowest BCUT2D eigenvalue weighted by molar-refractivity contribution is 0.265. The van der Waals surface area contributed by atoms with Crippen LogP contribution in [0.2, 0.25) is 0 Å². The molecule has 0 saturated carbocycles. The number of hydrogen-bond acceptors (Lipinski definition) is 4. The van der Waals surface area contributed by atoms with E-state index in [0.717, 1.165) is 25.5 Å². The van der Waals surface area contributed by atoms with Gasteiger partial charge in [-0.2, -0.15) is 0 Å². The summed E-state index contributed by atoms with van der Waals surface area (Å²) >= 11 is 0. The molecule has 2 N–H and O–H groups in total. The minimum absolute atomic E-state index is 0. The molecule has 1 fully saturated rings. The Kier molecular flexibility index (Phi) is 9.95. The highest BCUT2D eigenvalue weighted by atomic mass is 127. The van der Waals surface area contributed by atoms with E-state index in [4.69, 9.17) is 0 Å². The van der Waals surface area contributed by atoms with Crippen molar-refractivity contribution in [3.8, 4) is 0 Å². The highest BCUT2D eigenvalue weighted by Crippen LogP contribution is 2.20. The minimum atomic E-state index is -0.274. The van der Waals surface area contributed by atoms with Gasteiger partial charge in [-0.25, -0.2) is 9.37 Å². The van der Waals surface area contributed by atoms with Crippen molar-refractivity contribution in [1.29, 1.82) is 0 Å². The topological polar surface area (TPSA) is 55.8 Å². The second-order valence-electron chi connectivity index (χ2n) is 8.09. The fraction of sp³-hybridized carbons (Fsp3) is 0.478. The van der Waals surface area contributed by atoms with Crippen LogP contribution in [-0.2, 0) is 13.1 Å². The largest absolute Gasteiger partial charge is 0.352 e. The summed E-state index contributed by atoms with van der Waals surface area (Å²) in [6, 6.07) is 12.3. The van der Waals surface area contributed by atoms with E-state index in [-0.39, 0.29) is 35.8 Å². The van der Waals surface area contributed by atoms with Gasteiger partial charge in [0, 0.05) is 51.5 Å². The molecule has 1 aliphatic heterocycles. The fourth-order valence-electron chi connectivity index (χ4n) is 3.58. The summed E-state index contributed by atoms with van der Waals surface area (Å²) in [5, 5.41) is 6.90. The first-order chi connectivity index (χ1) is 14.5. The molecule has 31 heavy (non-hydrogen) atoms. The van der Waals surface area contributed by atoms with Gasteiger partial charge in [0.2, 0.25) is 0 Å². The lowest BCUT2D eigenvalue weighted by Gasteiger charge is -2.23. The number of aromatic nitrogens is 1. The van der Waals surface area contributed by atoms with Gasteiger partial charge in [0.25, 0.3) is 0 Å². The summed E-state index contributed by atoms with van der Waals surface area (Å²) in [6.45, 7) is 7.49. The van der Waals surface area contributed by atoms with E-state index in [1.807, 2.05) is 4.90 Å². The van der Waals surface area contributed by atoms with Crippen LogP contribution in [0.5, 0.6) is 0 Å². The summed E-state index contributed by atoms with van der Waals surface area (Å²) in [6.07, 6.45) is 2.54. The Bertz CT molecular complexity index is 859. The van der Waals surface area contributed by atoms with Crippen molar-refractivity contribution in [2.45, 2.75) is 45.4 Å². The van der Waals surface area contributed by atoms with E-state index in [1.165, 1.54) is 17.2 Å². The summed E-state index contributed by atoms with van der Waals surface area (Å²) in [7, 11) is 3.92. The molecule has 0 bridgehead atoms. The summed E-state index contributed by atoms with van der Waals surface area (Å²) in [4.78, 5) is 12.9. The second kappa shape index (κ2) is 12.2. The second-order valence-corrected chi connectivity index (χ2v) is 8.09. The van der Waals surface area contributed by atoms with Crippen molar-refractivity contribution < 1.29 is 4.39 Å². The number of halogens is 2. The highest BCUT2D eigenvalue weighted by Gasteiger charge is 2.26. The molecule has 170 valence electrons.